The van der Waals surface area contributed by atoms with Gasteiger partial charge in [-0.15, -0.1) is 0 Å². The van der Waals surface area contributed by atoms with Gasteiger partial charge in [-0.3, -0.25) is 4.99 Å². The van der Waals surface area contributed by atoms with Crippen LogP contribution in [0.5, 0.6) is 0 Å². The van der Waals surface area contributed by atoms with Gasteiger partial charge in [0.2, 0.25) is 0 Å². The number of fused-ring (bicyclic) bond motifs is 1. The van der Waals surface area contributed by atoms with E-state index in [-0.39, 0.29) is 0 Å². The summed E-state index contributed by atoms with van der Waals surface area (Å²) < 4.78 is 0. The molecule has 0 amide bonds. The molecule has 0 N–H and O–H groups in total. The van der Waals surface area contributed by atoms with Gasteiger partial charge in [-0.25, -0.2) is 4.98 Å². The smallest absolute Gasteiger partial charge is 0.0801 e. The molecule has 0 saturated carbocycles. The van der Waals surface area contributed by atoms with Crippen LogP contribution in [-0.2, 0) is 0 Å². The van der Waals surface area contributed by atoms with E-state index >= 15 is 0 Å². The minimum atomic E-state index is 1.01. The molecule has 0 unspecified atom stereocenters. The van der Waals surface area contributed by atoms with Crippen LogP contribution in [0.4, 0.5) is 0 Å². The molecule has 1 aromatic carbocycles. The van der Waals surface area contributed by atoms with Gasteiger partial charge in [0.25, 0.3) is 0 Å². The first kappa shape index (κ1) is 9.28. The molecule has 2 heteroatoms. The number of rotatable bonds is 2. The minimum Gasteiger partial charge on any atom is -0.296 e. The van der Waals surface area contributed by atoms with Crippen molar-refractivity contribution in [2.45, 2.75) is 6.92 Å². The molecule has 3 rings (SSSR count). The Morgan fingerprint density at radius 2 is 2.25 bits per heavy atom. The number of allylic oxidation sites excluding steroid dienone is 2. The molecule has 0 fully saturated rings. The SMILES string of the molecule is C/C=C(\C=N/C)c1cc2cccc3c2c-3n1. The largest absolute Gasteiger partial charge is 0.296 e. The maximum Gasteiger partial charge on any atom is 0.0801 e. The molecule has 2 aromatic rings. The number of pyridine rings is 1. The number of nitrogens with zero attached hydrogens (tertiary/aromatic N) is 2. The Balaban J connectivity index is 2.18. The molecule has 16 heavy (non-hydrogen) atoms. The second-order valence-corrected chi connectivity index (χ2v) is 3.89. The highest BCUT2D eigenvalue weighted by Crippen LogP contribution is 2.45. The zero-order chi connectivity index (χ0) is 11.1. The van der Waals surface area contributed by atoms with E-state index < -0.39 is 0 Å². The zero-order valence-corrected chi connectivity index (χ0v) is 9.36. The van der Waals surface area contributed by atoms with Crippen molar-refractivity contribution >= 4 is 22.6 Å². The topological polar surface area (TPSA) is 25.2 Å². The lowest BCUT2D eigenvalue weighted by atomic mass is 10.1. The van der Waals surface area contributed by atoms with Gasteiger partial charge >= 0.3 is 0 Å². The van der Waals surface area contributed by atoms with Crippen LogP contribution in [0.3, 0.4) is 0 Å². The summed E-state index contributed by atoms with van der Waals surface area (Å²) in [5.41, 5.74) is 4.54. The second-order valence-electron chi connectivity index (χ2n) is 3.89. The lowest BCUT2D eigenvalue weighted by Gasteiger charge is -1.99. The molecule has 0 radical (unpaired) electrons. The van der Waals surface area contributed by atoms with Crippen LogP contribution in [0.15, 0.2) is 35.3 Å². The second kappa shape index (κ2) is 3.27. The van der Waals surface area contributed by atoms with Gasteiger partial charge in [0.1, 0.15) is 0 Å². The Morgan fingerprint density at radius 1 is 1.38 bits per heavy atom. The third-order valence-corrected chi connectivity index (χ3v) is 2.93. The van der Waals surface area contributed by atoms with E-state index in [0.29, 0.717) is 0 Å². The van der Waals surface area contributed by atoms with Crippen molar-refractivity contribution in [3.05, 3.63) is 36.0 Å². The Kier molecular flexibility index (Phi) is 1.90. The van der Waals surface area contributed by atoms with Crippen LogP contribution in [0.25, 0.3) is 27.6 Å². The van der Waals surface area contributed by atoms with Crippen molar-refractivity contribution in [3.8, 4) is 11.3 Å². The summed E-state index contributed by atoms with van der Waals surface area (Å²) in [6.45, 7) is 2.01. The Morgan fingerprint density at radius 3 is 3.00 bits per heavy atom. The Bertz CT molecular complexity index is 636. The quantitative estimate of drug-likeness (QED) is 0.593. The van der Waals surface area contributed by atoms with Crippen LogP contribution in [0.2, 0.25) is 0 Å². The molecule has 0 saturated heterocycles. The summed E-state index contributed by atoms with van der Waals surface area (Å²) in [5, 5.41) is 2.61. The van der Waals surface area contributed by atoms with Crippen molar-refractivity contribution in [1.82, 2.24) is 4.98 Å². The van der Waals surface area contributed by atoms with E-state index in [1.807, 2.05) is 19.2 Å². The van der Waals surface area contributed by atoms with Crippen LogP contribution >= 0.6 is 0 Å². The third-order valence-electron chi connectivity index (χ3n) is 2.93. The van der Waals surface area contributed by atoms with E-state index in [2.05, 4.69) is 34.2 Å². The number of hydrogen-bond donors (Lipinski definition) is 0. The van der Waals surface area contributed by atoms with Gasteiger partial charge in [0.05, 0.1) is 11.4 Å². The normalized spacial score (nSPS) is 13.8. The van der Waals surface area contributed by atoms with Gasteiger partial charge in [0, 0.05) is 29.8 Å². The lowest BCUT2D eigenvalue weighted by molar-refractivity contribution is 1.35. The summed E-state index contributed by atoms with van der Waals surface area (Å²) in [4.78, 5) is 8.69. The van der Waals surface area contributed by atoms with Crippen molar-refractivity contribution in [2.75, 3.05) is 7.05 Å². The monoisotopic (exact) mass is 208 g/mol. The number of aliphatic imine (C=N–C) groups is 1. The fourth-order valence-electron chi connectivity index (χ4n) is 2.09. The highest BCUT2D eigenvalue weighted by molar-refractivity contribution is 6.20. The molecule has 0 atom stereocenters. The molecule has 0 aliphatic heterocycles. The summed E-state index contributed by atoms with van der Waals surface area (Å²) in [5.74, 6) is 0. The average Bonchev–Trinajstić information content (AvgIpc) is 3.02. The summed E-state index contributed by atoms with van der Waals surface area (Å²) in [6, 6.07) is 8.47. The molecule has 0 bridgehead atoms. The molecule has 2 nitrogen and oxygen atoms in total. The molecule has 1 aliphatic rings. The zero-order valence-electron chi connectivity index (χ0n) is 9.36. The fraction of sp³-hybridized carbons (Fsp3) is 0.143. The van der Waals surface area contributed by atoms with Gasteiger partial charge in [-0.2, -0.15) is 0 Å². The van der Waals surface area contributed by atoms with Crippen LogP contribution in [-0.4, -0.2) is 18.2 Å². The fourth-order valence-corrected chi connectivity index (χ4v) is 2.09. The Hall–Kier alpha value is -1.96. The average molecular weight is 208 g/mol. The number of benzene rings is 1. The summed E-state index contributed by atoms with van der Waals surface area (Å²) in [7, 11) is 1.78. The van der Waals surface area contributed by atoms with Crippen LogP contribution in [0.1, 0.15) is 12.6 Å². The molecule has 1 heterocycles. The van der Waals surface area contributed by atoms with Gasteiger partial charge in [-0.05, 0) is 18.4 Å². The van der Waals surface area contributed by atoms with E-state index in [4.69, 9.17) is 0 Å². The molecule has 0 spiro atoms. The lowest BCUT2D eigenvalue weighted by Crippen LogP contribution is -1.88. The highest BCUT2D eigenvalue weighted by Gasteiger charge is 2.23. The molecule has 1 aromatic heterocycles. The van der Waals surface area contributed by atoms with Crippen molar-refractivity contribution in [2.24, 2.45) is 4.99 Å². The number of hydrogen-bond acceptors (Lipinski definition) is 2. The first-order valence-corrected chi connectivity index (χ1v) is 5.38. The maximum absolute atomic E-state index is 4.64. The summed E-state index contributed by atoms with van der Waals surface area (Å²) in [6.07, 6.45) is 3.89. The maximum atomic E-state index is 4.64. The van der Waals surface area contributed by atoms with Crippen molar-refractivity contribution < 1.29 is 0 Å². The third kappa shape index (κ3) is 1.20. The Labute approximate surface area is 94.4 Å². The van der Waals surface area contributed by atoms with E-state index in [1.165, 1.54) is 16.3 Å². The van der Waals surface area contributed by atoms with E-state index in [0.717, 1.165) is 17.0 Å². The van der Waals surface area contributed by atoms with Crippen molar-refractivity contribution in [1.29, 1.82) is 0 Å². The molecule has 1 aliphatic carbocycles. The summed E-state index contributed by atoms with van der Waals surface area (Å²) >= 11 is 0. The van der Waals surface area contributed by atoms with Gasteiger partial charge < -0.3 is 0 Å². The van der Waals surface area contributed by atoms with Gasteiger partial charge in [0.15, 0.2) is 0 Å². The van der Waals surface area contributed by atoms with E-state index in [1.54, 1.807) is 7.05 Å². The minimum absolute atomic E-state index is 1.01. The first-order valence-electron chi connectivity index (χ1n) is 5.38. The first-order chi connectivity index (χ1) is 7.85. The van der Waals surface area contributed by atoms with Crippen molar-refractivity contribution in [3.63, 3.8) is 0 Å². The van der Waals surface area contributed by atoms with E-state index in [9.17, 15) is 0 Å². The molecule has 78 valence electrons. The van der Waals surface area contributed by atoms with Crippen LogP contribution < -0.4 is 0 Å². The predicted molar refractivity (Wildman–Crippen MR) is 68.8 cm³/mol. The van der Waals surface area contributed by atoms with Crippen LogP contribution in [0, 0.1) is 0 Å². The highest BCUT2D eigenvalue weighted by atomic mass is 14.8. The number of aromatic nitrogens is 1. The standard InChI is InChI=1S/C14H12N2/c1-3-9(8-15-2)12-7-10-5-4-6-11-13(10)14(11)16-12/h3-8H,1-2H3/b9-3+,15-8-. The molecular formula is C14H12N2. The predicted octanol–water partition coefficient (Wildman–Crippen LogP) is 3.32. The molecular weight excluding hydrogens is 196 g/mol. The van der Waals surface area contributed by atoms with Gasteiger partial charge in [-0.1, -0.05) is 24.3 Å².